The molecule has 3 aromatic rings. The summed E-state index contributed by atoms with van der Waals surface area (Å²) in [5.74, 6) is 0.0749. The molecule has 0 unspecified atom stereocenters. The number of aromatic nitrogens is 2. The van der Waals surface area contributed by atoms with Gasteiger partial charge < -0.3 is 20.3 Å². The van der Waals surface area contributed by atoms with E-state index in [2.05, 4.69) is 37.8 Å². The smallest absolute Gasteiger partial charge is 0.250 e. The second kappa shape index (κ2) is 10.9. The van der Waals surface area contributed by atoms with Gasteiger partial charge in [0.25, 0.3) is 0 Å². The molecule has 2 aromatic carbocycles. The second-order valence-corrected chi connectivity index (χ2v) is 10.2. The zero-order chi connectivity index (χ0) is 24.2. The molecule has 34 heavy (non-hydrogen) atoms. The Labute approximate surface area is 214 Å². The number of carbonyl (C=O) groups excluding carboxylic acids is 1. The average molecular weight is 567 g/mol. The monoisotopic (exact) mass is 565 g/mol. The van der Waals surface area contributed by atoms with Crippen LogP contribution >= 0.6 is 39.3 Å². The summed E-state index contributed by atoms with van der Waals surface area (Å²) in [4.78, 5) is 26.6. The number of hydrogen-bond donors (Lipinski definition) is 1. The largest absolute Gasteiger partial charge is 0.472 e. The molecule has 1 aliphatic rings. The molecule has 0 saturated carbocycles. The van der Waals surface area contributed by atoms with E-state index < -0.39 is 5.91 Å². The van der Waals surface area contributed by atoms with E-state index in [0.717, 1.165) is 36.6 Å². The van der Waals surface area contributed by atoms with Crippen molar-refractivity contribution in [3.8, 4) is 5.88 Å². The Morgan fingerprint density at radius 1 is 1.24 bits per heavy atom. The molecular weight excluding hydrogens is 545 g/mol. The highest BCUT2D eigenvalue weighted by Gasteiger charge is 2.20. The summed E-state index contributed by atoms with van der Waals surface area (Å²) in [6.07, 6.45) is 1.72. The van der Waals surface area contributed by atoms with Crippen LogP contribution in [0.5, 0.6) is 5.88 Å². The lowest BCUT2D eigenvalue weighted by Crippen LogP contribution is -2.45. The van der Waals surface area contributed by atoms with Gasteiger partial charge in [0.2, 0.25) is 17.7 Å². The zero-order valence-corrected chi connectivity index (χ0v) is 21.5. The first-order chi connectivity index (χ1) is 16.3. The van der Waals surface area contributed by atoms with E-state index in [4.69, 9.17) is 27.1 Å². The molecule has 1 amide bonds. The number of rotatable bonds is 7. The summed E-state index contributed by atoms with van der Waals surface area (Å²) < 4.78 is 20.0. The van der Waals surface area contributed by atoms with Crippen LogP contribution in [0.4, 0.5) is 10.3 Å². The molecule has 7 nitrogen and oxygen atoms in total. The van der Waals surface area contributed by atoms with E-state index in [9.17, 15) is 9.18 Å². The number of carbonyl (C=O) groups is 1. The quantitative estimate of drug-likeness (QED) is 0.447. The van der Waals surface area contributed by atoms with Crippen LogP contribution in [0.25, 0.3) is 0 Å². The lowest BCUT2D eigenvalue weighted by molar-refractivity contribution is 0.100. The molecule has 1 aliphatic heterocycles. The number of ether oxygens (including phenoxy) is 1. The summed E-state index contributed by atoms with van der Waals surface area (Å²) >= 11 is 10.8. The highest BCUT2D eigenvalue weighted by Crippen LogP contribution is 2.36. The maximum Gasteiger partial charge on any atom is 0.250 e. The van der Waals surface area contributed by atoms with Crippen molar-refractivity contribution in [3.63, 3.8) is 0 Å². The number of primary amides is 1. The van der Waals surface area contributed by atoms with Crippen LogP contribution in [0.15, 0.2) is 56.9 Å². The number of anilines is 1. The summed E-state index contributed by atoms with van der Waals surface area (Å²) in [5, 5.41) is 0.270. The van der Waals surface area contributed by atoms with E-state index in [-0.39, 0.29) is 23.0 Å². The summed E-state index contributed by atoms with van der Waals surface area (Å²) in [6.45, 7) is 3.68. The molecule has 178 valence electrons. The van der Waals surface area contributed by atoms with Crippen molar-refractivity contribution in [3.05, 3.63) is 69.0 Å². The molecule has 0 radical (unpaired) electrons. The molecule has 0 atom stereocenters. The Balaban J connectivity index is 1.60. The summed E-state index contributed by atoms with van der Waals surface area (Å²) in [6, 6.07) is 9.73. The number of likely N-dealkylation sites (N-methyl/N-ethyl adjacent to an activating group) is 1. The molecular formula is C23H22BrClFN5O2S. The fraction of sp³-hybridized carbons (Fsp3) is 0.261. The van der Waals surface area contributed by atoms with Gasteiger partial charge in [0.05, 0.1) is 26.2 Å². The van der Waals surface area contributed by atoms with Crippen molar-refractivity contribution in [2.24, 2.45) is 5.73 Å². The number of amides is 1. The van der Waals surface area contributed by atoms with E-state index in [1.54, 1.807) is 36.5 Å². The first-order valence-electron chi connectivity index (χ1n) is 10.4. The fourth-order valence-electron chi connectivity index (χ4n) is 3.35. The van der Waals surface area contributed by atoms with Crippen LogP contribution in [0.1, 0.15) is 15.9 Å². The number of halogens is 3. The lowest BCUT2D eigenvalue weighted by atomic mass is 10.2. The molecule has 2 N–H and O–H groups in total. The van der Waals surface area contributed by atoms with Gasteiger partial charge in [-0.25, -0.2) is 9.37 Å². The Hall–Kier alpha value is -2.40. The number of piperazine rings is 1. The normalized spacial score (nSPS) is 14.3. The Bertz CT molecular complexity index is 1210. The third-order valence-electron chi connectivity index (χ3n) is 5.29. The minimum absolute atomic E-state index is 0.201. The predicted octanol–water partition coefficient (Wildman–Crippen LogP) is 4.61. The van der Waals surface area contributed by atoms with Gasteiger partial charge in [0, 0.05) is 31.1 Å². The van der Waals surface area contributed by atoms with Crippen LogP contribution in [0, 0.1) is 5.82 Å². The molecule has 0 bridgehead atoms. The van der Waals surface area contributed by atoms with E-state index in [1.807, 2.05) is 0 Å². The van der Waals surface area contributed by atoms with Crippen molar-refractivity contribution in [1.82, 2.24) is 14.9 Å². The molecule has 11 heteroatoms. The van der Waals surface area contributed by atoms with Gasteiger partial charge in [-0.1, -0.05) is 29.4 Å². The lowest BCUT2D eigenvalue weighted by Gasteiger charge is -2.32. The van der Waals surface area contributed by atoms with Crippen molar-refractivity contribution in [2.75, 3.05) is 38.1 Å². The van der Waals surface area contributed by atoms with Crippen molar-refractivity contribution < 1.29 is 13.9 Å². The molecule has 4 rings (SSSR count). The number of nitrogens with zero attached hydrogens (tertiary/aromatic N) is 4. The minimum atomic E-state index is -0.587. The average Bonchev–Trinajstić information content (AvgIpc) is 2.81. The van der Waals surface area contributed by atoms with E-state index in [1.165, 1.54) is 17.8 Å². The molecule has 2 heterocycles. The highest BCUT2D eigenvalue weighted by molar-refractivity contribution is 9.10. The van der Waals surface area contributed by atoms with Crippen molar-refractivity contribution in [2.45, 2.75) is 16.4 Å². The third kappa shape index (κ3) is 5.99. The maximum atomic E-state index is 13.6. The van der Waals surface area contributed by atoms with Crippen LogP contribution in [0.3, 0.4) is 0 Å². The van der Waals surface area contributed by atoms with Crippen LogP contribution in [-0.2, 0) is 6.61 Å². The van der Waals surface area contributed by atoms with Gasteiger partial charge in [0.15, 0.2) is 0 Å². The Morgan fingerprint density at radius 3 is 2.68 bits per heavy atom. The van der Waals surface area contributed by atoms with Gasteiger partial charge in [0.1, 0.15) is 12.4 Å². The fourth-order valence-corrected chi connectivity index (χ4v) is 4.97. The van der Waals surface area contributed by atoms with E-state index >= 15 is 0 Å². The van der Waals surface area contributed by atoms with Crippen molar-refractivity contribution >= 4 is 51.1 Å². The van der Waals surface area contributed by atoms with Gasteiger partial charge >= 0.3 is 0 Å². The first-order valence-corrected chi connectivity index (χ1v) is 12.4. The highest BCUT2D eigenvalue weighted by atomic mass is 79.9. The van der Waals surface area contributed by atoms with Gasteiger partial charge in [-0.05, 0) is 58.9 Å². The zero-order valence-electron chi connectivity index (χ0n) is 18.3. The van der Waals surface area contributed by atoms with Gasteiger partial charge in [-0.2, -0.15) is 4.98 Å². The maximum absolute atomic E-state index is 13.6. The van der Waals surface area contributed by atoms with Gasteiger partial charge in [-0.3, -0.25) is 4.79 Å². The summed E-state index contributed by atoms with van der Waals surface area (Å²) in [7, 11) is 2.09. The van der Waals surface area contributed by atoms with Crippen molar-refractivity contribution in [1.29, 1.82) is 0 Å². The van der Waals surface area contributed by atoms with Crippen LogP contribution in [-0.4, -0.2) is 54.0 Å². The topological polar surface area (TPSA) is 84.6 Å². The number of nitrogens with two attached hydrogens (primary N) is 1. The Kier molecular flexibility index (Phi) is 7.92. The SMILES string of the molecule is CN1CCN(c2ncc(Sc3ccc(C(N)=O)c(Cl)c3)c(OCc3ccc(F)c(Br)c3)n2)CC1. The molecule has 0 aliphatic carbocycles. The predicted molar refractivity (Wildman–Crippen MR) is 134 cm³/mol. The van der Waals surface area contributed by atoms with Gasteiger partial charge in [-0.15, -0.1) is 0 Å². The standard InChI is InChI=1S/C23H22BrClFN5O2S/c1-30-6-8-31(9-7-30)23-28-12-20(34-15-3-4-16(21(27)32)18(25)11-15)22(29-23)33-13-14-2-5-19(26)17(24)10-14/h2-5,10-12H,6-9,13H2,1H3,(H2,27,32). The molecule has 1 aromatic heterocycles. The Morgan fingerprint density at radius 2 is 2.00 bits per heavy atom. The molecule has 1 saturated heterocycles. The first kappa shape index (κ1) is 24.7. The minimum Gasteiger partial charge on any atom is -0.472 e. The number of benzene rings is 2. The molecule has 0 spiro atoms. The van der Waals surface area contributed by atoms with E-state index in [0.29, 0.717) is 21.2 Å². The molecule has 1 fully saturated rings. The van der Waals surface area contributed by atoms with Crippen LogP contribution in [0.2, 0.25) is 5.02 Å². The van der Waals surface area contributed by atoms with Crippen LogP contribution < -0.4 is 15.4 Å². The third-order valence-corrected chi connectivity index (χ3v) is 7.20. The second-order valence-electron chi connectivity index (χ2n) is 7.77. The summed E-state index contributed by atoms with van der Waals surface area (Å²) in [5.41, 5.74) is 6.39. The number of hydrogen-bond acceptors (Lipinski definition) is 7.